The monoisotopic (exact) mass is 462 g/mol. The standard InChI is InChI=1S/C20H23BrN4O2S/c1-5-13(4)25-19(27)18-16(9-12(3)22-18)24-20(25)28-10-17(26)23-14-6-7-15(21)11(2)8-14/h6-9,13,22H,5,10H2,1-4H3,(H,23,26)/t13-/m1/s1. The molecule has 0 aliphatic carbocycles. The lowest BCUT2D eigenvalue weighted by Crippen LogP contribution is -2.26. The molecule has 0 unspecified atom stereocenters. The third-order valence-corrected chi connectivity index (χ3v) is 6.43. The van der Waals surface area contributed by atoms with Gasteiger partial charge in [0.1, 0.15) is 5.52 Å². The molecule has 0 aliphatic rings. The first-order valence-electron chi connectivity index (χ1n) is 9.10. The Hall–Kier alpha value is -2.06. The lowest BCUT2D eigenvalue weighted by Gasteiger charge is -2.17. The third-order valence-electron chi connectivity index (χ3n) is 4.59. The zero-order valence-electron chi connectivity index (χ0n) is 16.3. The summed E-state index contributed by atoms with van der Waals surface area (Å²) in [4.78, 5) is 33.1. The van der Waals surface area contributed by atoms with E-state index in [2.05, 4.69) is 31.2 Å². The number of aromatic nitrogens is 3. The predicted octanol–water partition coefficient (Wildman–Crippen LogP) is 4.81. The molecule has 28 heavy (non-hydrogen) atoms. The molecule has 2 aromatic heterocycles. The van der Waals surface area contributed by atoms with Crippen molar-refractivity contribution in [1.29, 1.82) is 0 Å². The number of anilines is 1. The molecule has 1 aromatic carbocycles. The van der Waals surface area contributed by atoms with Crippen LogP contribution in [0, 0.1) is 13.8 Å². The Bertz CT molecular complexity index is 1090. The normalized spacial score (nSPS) is 12.3. The number of aryl methyl sites for hydroxylation is 2. The highest BCUT2D eigenvalue weighted by Gasteiger charge is 2.18. The maximum absolute atomic E-state index is 12.9. The van der Waals surface area contributed by atoms with E-state index in [1.165, 1.54) is 11.8 Å². The minimum absolute atomic E-state index is 0.00677. The van der Waals surface area contributed by atoms with Gasteiger partial charge in [-0.3, -0.25) is 14.2 Å². The number of nitrogens with one attached hydrogen (secondary N) is 2. The van der Waals surface area contributed by atoms with E-state index in [9.17, 15) is 9.59 Å². The topological polar surface area (TPSA) is 79.8 Å². The quantitative estimate of drug-likeness (QED) is 0.406. The van der Waals surface area contributed by atoms with Crippen molar-refractivity contribution in [3.8, 4) is 0 Å². The van der Waals surface area contributed by atoms with Gasteiger partial charge in [-0.05, 0) is 57.0 Å². The van der Waals surface area contributed by atoms with Crippen LogP contribution < -0.4 is 10.9 Å². The maximum atomic E-state index is 12.9. The van der Waals surface area contributed by atoms with Crippen LogP contribution in [-0.4, -0.2) is 26.2 Å². The molecule has 0 saturated carbocycles. The van der Waals surface area contributed by atoms with E-state index in [1.54, 1.807) is 4.57 Å². The second kappa shape index (κ2) is 8.53. The van der Waals surface area contributed by atoms with E-state index in [-0.39, 0.29) is 23.3 Å². The Labute approximate surface area is 176 Å². The minimum Gasteiger partial charge on any atom is -0.353 e. The Morgan fingerprint density at radius 3 is 2.79 bits per heavy atom. The second-order valence-corrected chi connectivity index (χ2v) is 8.64. The molecule has 2 heterocycles. The predicted molar refractivity (Wildman–Crippen MR) is 118 cm³/mol. The molecule has 6 nitrogen and oxygen atoms in total. The molecule has 0 aliphatic heterocycles. The van der Waals surface area contributed by atoms with E-state index < -0.39 is 0 Å². The van der Waals surface area contributed by atoms with Gasteiger partial charge < -0.3 is 10.3 Å². The number of halogens is 1. The fourth-order valence-electron chi connectivity index (χ4n) is 2.91. The van der Waals surface area contributed by atoms with E-state index in [1.807, 2.05) is 52.0 Å². The summed E-state index contributed by atoms with van der Waals surface area (Å²) in [6.07, 6.45) is 0.796. The summed E-state index contributed by atoms with van der Waals surface area (Å²) in [5.74, 6) is 0.0365. The molecule has 3 aromatic rings. The van der Waals surface area contributed by atoms with Crippen LogP contribution in [0.15, 0.2) is 38.7 Å². The molecular weight excluding hydrogens is 440 g/mol. The largest absolute Gasteiger partial charge is 0.353 e. The van der Waals surface area contributed by atoms with Crippen molar-refractivity contribution in [2.75, 3.05) is 11.1 Å². The SMILES string of the molecule is CC[C@@H](C)n1c(SCC(=O)Nc2ccc(Br)c(C)c2)nc2cc(C)[nH]c2c1=O. The van der Waals surface area contributed by atoms with Gasteiger partial charge in [0.05, 0.1) is 11.3 Å². The summed E-state index contributed by atoms with van der Waals surface area (Å²) in [6, 6.07) is 7.51. The van der Waals surface area contributed by atoms with Crippen molar-refractivity contribution >= 4 is 50.3 Å². The van der Waals surface area contributed by atoms with Crippen molar-refractivity contribution in [1.82, 2.24) is 14.5 Å². The van der Waals surface area contributed by atoms with Crippen LogP contribution in [0.5, 0.6) is 0 Å². The number of rotatable bonds is 6. The first-order valence-corrected chi connectivity index (χ1v) is 10.9. The number of H-pyrrole nitrogens is 1. The zero-order chi connectivity index (χ0) is 20.4. The van der Waals surface area contributed by atoms with Crippen LogP contribution in [0.25, 0.3) is 11.0 Å². The number of nitrogens with zero attached hydrogens (tertiary/aromatic N) is 2. The summed E-state index contributed by atoms with van der Waals surface area (Å²) in [5, 5.41) is 3.46. The fourth-order valence-corrected chi connectivity index (χ4v) is 4.06. The fraction of sp³-hybridized carbons (Fsp3) is 0.350. The summed E-state index contributed by atoms with van der Waals surface area (Å²) in [7, 11) is 0. The maximum Gasteiger partial charge on any atom is 0.278 e. The summed E-state index contributed by atoms with van der Waals surface area (Å²) >= 11 is 4.73. The molecule has 0 bridgehead atoms. The lowest BCUT2D eigenvalue weighted by molar-refractivity contribution is -0.113. The molecule has 3 rings (SSSR count). The smallest absolute Gasteiger partial charge is 0.278 e. The Balaban J connectivity index is 1.83. The molecule has 1 amide bonds. The van der Waals surface area contributed by atoms with Crippen molar-refractivity contribution in [2.24, 2.45) is 0 Å². The van der Waals surface area contributed by atoms with E-state index in [4.69, 9.17) is 0 Å². The van der Waals surface area contributed by atoms with E-state index in [0.29, 0.717) is 16.2 Å². The first kappa shape index (κ1) is 20.7. The van der Waals surface area contributed by atoms with Crippen LogP contribution in [-0.2, 0) is 4.79 Å². The van der Waals surface area contributed by atoms with Gasteiger partial charge in [0, 0.05) is 21.9 Å². The first-order chi connectivity index (χ1) is 13.3. The number of fused-ring (bicyclic) bond motifs is 1. The van der Waals surface area contributed by atoms with Crippen LogP contribution in [0.2, 0.25) is 0 Å². The highest BCUT2D eigenvalue weighted by atomic mass is 79.9. The molecule has 0 saturated heterocycles. The summed E-state index contributed by atoms with van der Waals surface area (Å²) in [5.41, 5.74) is 3.73. The third kappa shape index (κ3) is 4.33. The summed E-state index contributed by atoms with van der Waals surface area (Å²) < 4.78 is 2.68. The van der Waals surface area contributed by atoms with E-state index in [0.717, 1.165) is 27.8 Å². The van der Waals surface area contributed by atoms with Gasteiger partial charge in [-0.1, -0.05) is 34.6 Å². The van der Waals surface area contributed by atoms with Crippen molar-refractivity contribution in [2.45, 2.75) is 45.3 Å². The molecule has 0 fully saturated rings. The number of thioether (sulfide) groups is 1. The van der Waals surface area contributed by atoms with Crippen LogP contribution >= 0.6 is 27.7 Å². The highest BCUT2D eigenvalue weighted by Crippen LogP contribution is 2.24. The number of carbonyl (C=O) groups excluding carboxylic acids is 1. The number of benzene rings is 1. The van der Waals surface area contributed by atoms with Crippen molar-refractivity contribution < 1.29 is 4.79 Å². The zero-order valence-corrected chi connectivity index (χ0v) is 18.7. The van der Waals surface area contributed by atoms with Gasteiger partial charge >= 0.3 is 0 Å². The van der Waals surface area contributed by atoms with Gasteiger partial charge in [-0.25, -0.2) is 4.98 Å². The van der Waals surface area contributed by atoms with Crippen LogP contribution in [0.1, 0.15) is 37.6 Å². The average Bonchev–Trinajstić information content (AvgIpc) is 3.03. The Morgan fingerprint density at radius 2 is 2.11 bits per heavy atom. The molecule has 8 heteroatoms. The molecule has 0 radical (unpaired) electrons. The number of aromatic amines is 1. The van der Waals surface area contributed by atoms with Gasteiger partial charge in [0.15, 0.2) is 5.16 Å². The number of hydrogen-bond acceptors (Lipinski definition) is 4. The average molecular weight is 463 g/mol. The molecular formula is C20H23BrN4O2S. The van der Waals surface area contributed by atoms with Crippen LogP contribution in [0.4, 0.5) is 5.69 Å². The molecule has 2 N–H and O–H groups in total. The van der Waals surface area contributed by atoms with E-state index >= 15 is 0 Å². The number of amides is 1. The number of carbonyl (C=O) groups is 1. The van der Waals surface area contributed by atoms with Gasteiger partial charge in [-0.15, -0.1) is 0 Å². The van der Waals surface area contributed by atoms with Crippen molar-refractivity contribution in [3.05, 3.63) is 50.3 Å². The van der Waals surface area contributed by atoms with Gasteiger partial charge in [0.2, 0.25) is 5.91 Å². The highest BCUT2D eigenvalue weighted by molar-refractivity contribution is 9.10. The molecule has 0 spiro atoms. The molecule has 148 valence electrons. The molecule has 1 atom stereocenters. The van der Waals surface area contributed by atoms with Gasteiger partial charge in [0.25, 0.3) is 5.56 Å². The minimum atomic E-state index is -0.137. The van der Waals surface area contributed by atoms with Gasteiger partial charge in [-0.2, -0.15) is 0 Å². The number of hydrogen-bond donors (Lipinski definition) is 2. The van der Waals surface area contributed by atoms with Crippen LogP contribution in [0.3, 0.4) is 0 Å². The Morgan fingerprint density at radius 1 is 1.36 bits per heavy atom. The summed E-state index contributed by atoms with van der Waals surface area (Å²) in [6.45, 7) is 7.88. The lowest BCUT2D eigenvalue weighted by atomic mass is 10.2. The second-order valence-electron chi connectivity index (χ2n) is 6.84. The Kier molecular flexibility index (Phi) is 6.30. The van der Waals surface area contributed by atoms with Crippen molar-refractivity contribution in [3.63, 3.8) is 0 Å².